The summed E-state index contributed by atoms with van der Waals surface area (Å²) < 4.78 is 5.82. The molecule has 6 heteroatoms. The minimum atomic E-state index is -0.829. The van der Waals surface area contributed by atoms with Gasteiger partial charge in [0.05, 0.1) is 23.7 Å². The zero-order valence-corrected chi connectivity index (χ0v) is 18.6. The largest absolute Gasteiger partial charge is 0.438 e. The van der Waals surface area contributed by atoms with Crippen molar-refractivity contribution >= 4 is 11.8 Å². The third kappa shape index (κ3) is 4.60. The summed E-state index contributed by atoms with van der Waals surface area (Å²) >= 11 is 0. The second kappa shape index (κ2) is 8.28. The molecule has 0 unspecified atom stereocenters. The van der Waals surface area contributed by atoms with Gasteiger partial charge in [-0.1, -0.05) is 54.6 Å². The van der Waals surface area contributed by atoms with Crippen LogP contribution in [0.3, 0.4) is 0 Å². The average molecular weight is 432 g/mol. The van der Waals surface area contributed by atoms with Crippen molar-refractivity contribution < 1.29 is 14.6 Å². The molecule has 166 valence electrons. The fraction of sp³-hybridized carbons (Fsp3) is 0.308. The van der Waals surface area contributed by atoms with Crippen LogP contribution < -0.4 is 11.1 Å². The SMILES string of the molecule is CC(C)(C)NC(=O)OC1(c2ccc(-c3ncc(N)cc3-c3ccccc3)cc2)CC(O)C1. The maximum Gasteiger partial charge on any atom is 0.408 e. The van der Waals surface area contributed by atoms with Crippen LogP contribution in [0.15, 0.2) is 66.9 Å². The summed E-state index contributed by atoms with van der Waals surface area (Å²) in [6, 6.07) is 19.7. The first-order valence-corrected chi connectivity index (χ1v) is 10.8. The first-order chi connectivity index (χ1) is 15.2. The van der Waals surface area contributed by atoms with Crippen molar-refractivity contribution in [2.24, 2.45) is 0 Å². The highest BCUT2D eigenvalue weighted by Crippen LogP contribution is 2.45. The number of benzene rings is 2. The lowest BCUT2D eigenvalue weighted by atomic mass is 9.72. The van der Waals surface area contributed by atoms with Crippen LogP contribution in [0.1, 0.15) is 39.2 Å². The van der Waals surface area contributed by atoms with Gasteiger partial charge in [0.15, 0.2) is 0 Å². The molecule has 2 aromatic carbocycles. The number of aliphatic hydroxyl groups excluding tert-OH is 1. The number of rotatable bonds is 4. The third-order valence-corrected chi connectivity index (χ3v) is 5.57. The second-order valence-electron chi connectivity index (χ2n) is 9.43. The highest BCUT2D eigenvalue weighted by molar-refractivity contribution is 5.82. The molecule has 0 spiro atoms. The molecule has 4 rings (SSSR count). The minimum absolute atomic E-state index is 0.374. The molecule has 0 atom stereocenters. The maximum absolute atomic E-state index is 12.4. The average Bonchev–Trinajstić information content (AvgIpc) is 2.72. The number of pyridine rings is 1. The van der Waals surface area contributed by atoms with Crippen molar-refractivity contribution in [2.45, 2.75) is 50.9 Å². The summed E-state index contributed by atoms with van der Waals surface area (Å²) in [5.41, 5.74) is 9.98. The van der Waals surface area contributed by atoms with Crippen LogP contribution in [0.5, 0.6) is 0 Å². The normalized spacial score (nSPS) is 20.3. The van der Waals surface area contributed by atoms with Crippen LogP contribution in [-0.2, 0) is 10.3 Å². The van der Waals surface area contributed by atoms with E-state index in [4.69, 9.17) is 10.5 Å². The molecule has 0 saturated heterocycles. The number of aromatic nitrogens is 1. The molecular formula is C26H29N3O3. The van der Waals surface area contributed by atoms with Gasteiger partial charge >= 0.3 is 6.09 Å². The van der Waals surface area contributed by atoms with E-state index in [1.165, 1.54) is 0 Å². The van der Waals surface area contributed by atoms with Gasteiger partial charge in [0.1, 0.15) is 5.60 Å². The number of hydrogen-bond donors (Lipinski definition) is 3. The zero-order valence-electron chi connectivity index (χ0n) is 18.6. The monoisotopic (exact) mass is 431 g/mol. The van der Waals surface area contributed by atoms with E-state index < -0.39 is 23.3 Å². The Morgan fingerprint density at radius 2 is 1.75 bits per heavy atom. The first-order valence-electron chi connectivity index (χ1n) is 10.8. The summed E-state index contributed by atoms with van der Waals surface area (Å²) in [6.07, 6.45) is 1.43. The molecule has 1 saturated carbocycles. The summed E-state index contributed by atoms with van der Waals surface area (Å²) in [5, 5.41) is 12.8. The summed E-state index contributed by atoms with van der Waals surface area (Å²) in [5.74, 6) is 0. The standard InChI is InChI=1S/C26H29N3O3/c1-25(2,3)29-24(31)32-26(14-21(30)15-26)19-11-9-18(10-12-19)23-22(13-20(27)16-28-23)17-7-5-4-6-8-17/h4-13,16,21,30H,14-15,27H2,1-3H3,(H,29,31). The van der Waals surface area contributed by atoms with Crippen molar-refractivity contribution in [2.75, 3.05) is 5.73 Å². The van der Waals surface area contributed by atoms with Crippen molar-refractivity contribution in [3.05, 3.63) is 72.4 Å². The number of amides is 1. The van der Waals surface area contributed by atoms with Gasteiger partial charge in [-0.3, -0.25) is 4.98 Å². The molecule has 0 bridgehead atoms. The lowest BCUT2D eigenvalue weighted by Gasteiger charge is -2.45. The molecule has 0 aliphatic heterocycles. The summed E-state index contributed by atoms with van der Waals surface area (Å²) in [7, 11) is 0. The zero-order chi connectivity index (χ0) is 22.9. The molecule has 6 nitrogen and oxygen atoms in total. The van der Waals surface area contributed by atoms with E-state index in [1.54, 1.807) is 6.20 Å². The number of nitrogen functional groups attached to an aromatic ring is 1. The molecular weight excluding hydrogens is 402 g/mol. The van der Waals surface area contributed by atoms with E-state index in [1.807, 2.05) is 81.4 Å². The Balaban J connectivity index is 1.64. The molecule has 32 heavy (non-hydrogen) atoms. The van der Waals surface area contributed by atoms with Crippen LogP contribution >= 0.6 is 0 Å². The minimum Gasteiger partial charge on any atom is -0.438 e. The van der Waals surface area contributed by atoms with Crippen LogP contribution in [0.25, 0.3) is 22.4 Å². The number of aliphatic hydroxyl groups is 1. The van der Waals surface area contributed by atoms with Gasteiger partial charge in [0, 0.05) is 29.5 Å². The number of carbonyl (C=O) groups excluding carboxylic acids is 1. The van der Waals surface area contributed by atoms with Crippen LogP contribution in [-0.4, -0.2) is 27.8 Å². The molecule has 1 fully saturated rings. The lowest BCUT2D eigenvalue weighted by molar-refractivity contribution is -0.123. The van der Waals surface area contributed by atoms with E-state index in [0.29, 0.717) is 18.5 Å². The van der Waals surface area contributed by atoms with Gasteiger partial charge in [-0.2, -0.15) is 0 Å². The Hall–Kier alpha value is -3.38. The number of anilines is 1. The second-order valence-corrected chi connectivity index (χ2v) is 9.43. The maximum atomic E-state index is 12.4. The number of ether oxygens (including phenoxy) is 1. The predicted octanol–water partition coefficient (Wildman–Crippen LogP) is 4.87. The van der Waals surface area contributed by atoms with Gasteiger partial charge in [-0.05, 0) is 38.0 Å². The summed E-state index contributed by atoms with van der Waals surface area (Å²) in [4.78, 5) is 17.0. The van der Waals surface area contributed by atoms with Crippen molar-refractivity contribution in [3.8, 4) is 22.4 Å². The Kier molecular flexibility index (Phi) is 5.65. The van der Waals surface area contributed by atoms with Gasteiger partial charge in [0.2, 0.25) is 0 Å². The van der Waals surface area contributed by atoms with Crippen molar-refractivity contribution in [1.29, 1.82) is 0 Å². The predicted molar refractivity (Wildman–Crippen MR) is 126 cm³/mol. The number of carbonyl (C=O) groups is 1. The lowest BCUT2D eigenvalue weighted by Crippen LogP contribution is -2.51. The Morgan fingerprint density at radius 3 is 2.34 bits per heavy atom. The number of nitrogens with zero attached hydrogens (tertiary/aromatic N) is 1. The molecule has 0 radical (unpaired) electrons. The Morgan fingerprint density at radius 1 is 1.09 bits per heavy atom. The molecule has 4 N–H and O–H groups in total. The number of alkyl carbamates (subject to hydrolysis) is 1. The quantitative estimate of drug-likeness (QED) is 0.547. The Labute approximate surface area is 188 Å². The fourth-order valence-electron chi connectivity index (χ4n) is 4.07. The molecule has 1 aliphatic carbocycles. The number of hydrogen-bond acceptors (Lipinski definition) is 5. The highest BCUT2D eigenvalue weighted by atomic mass is 16.6. The van der Waals surface area contributed by atoms with Crippen LogP contribution in [0.4, 0.5) is 10.5 Å². The van der Waals surface area contributed by atoms with E-state index in [0.717, 1.165) is 27.9 Å². The topological polar surface area (TPSA) is 97.5 Å². The number of nitrogens with one attached hydrogen (secondary N) is 1. The van der Waals surface area contributed by atoms with E-state index >= 15 is 0 Å². The van der Waals surface area contributed by atoms with Crippen LogP contribution in [0, 0.1) is 0 Å². The first kappa shape index (κ1) is 21.8. The summed E-state index contributed by atoms with van der Waals surface area (Å²) in [6.45, 7) is 5.69. The third-order valence-electron chi connectivity index (χ3n) is 5.57. The van der Waals surface area contributed by atoms with Gasteiger partial charge in [-0.15, -0.1) is 0 Å². The molecule has 3 aromatic rings. The van der Waals surface area contributed by atoms with Crippen LogP contribution in [0.2, 0.25) is 0 Å². The van der Waals surface area contributed by atoms with E-state index in [9.17, 15) is 9.90 Å². The molecule has 1 aliphatic rings. The van der Waals surface area contributed by atoms with Gasteiger partial charge in [0.25, 0.3) is 0 Å². The fourth-order valence-corrected chi connectivity index (χ4v) is 4.07. The van der Waals surface area contributed by atoms with Crippen molar-refractivity contribution in [1.82, 2.24) is 10.3 Å². The van der Waals surface area contributed by atoms with Gasteiger partial charge in [-0.25, -0.2) is 4.79 Å². The van der Waals surface area contributed by atoms with Gasteiger partial charge < -0.3 is 20.9 Å². The molecule has 1 amide bonds. The Bertz CT molecular complexity index is 1100. The number of nitrogens with two attached hydrogens (primary N) is 1. The van der Waals surface area contributed by atoms with E-state index in [-0.39, 0.29) is 0 Å². The molecule has 1 heterocycles. The highest BCUT2D eigenvalue weighted by Gasteiger charge is 2.49. The van der Waals surface area contributed by atoms with Crippen molar-refractivity contribution in [3.63, 3.8) is 0 Å². The van der Waals surface area contributed by atoms with E-state index in [2.05, 4.69) is 10.3 Å². The smallest absolute Gasteiger partial charge is 0.408 e. The molecule has 1 aromatic heterocycles.